The van der Waals surface area contributed by atoms with Crippen LogP contribution in [0.3, 0.4) is 0 Å². The molecule has 0 aliphatic carbocycles. The maximum atomic E-state index is 13.0. The molecule has 0 atom stereocenters. The molecule has 2 aliphatic heterocycles. The highest BCUT2D eigenvalue weighted by Gasteiger charge is 2.32. The normalized spacial score (nSPS) is 16.1. The van der Waals surface area contributed by atoms with Crippen molar-refractivity contribution in [2.75, 3.05) is 26.2 Å². The summed E-state index contributed by atoms with van der Waals surface area (Å²) < 4.78 is 0. The predicted molar refractivity (Wildman–Crippen MR) is 142 cm³/mol. The largest absolute Gasteiger partial charge is 0.299 e. The van der Waals surface area contributed by atoms with Gasteiger partial charge in [0.25, 0.3) is 11.8 Å². The Morgan fingerprint density at radius 2 is 1.37 bits per heavy atom. The first-order chi connectivity index (χ1) is 17.2. The van der Waals surface area contributed by atoms with Gasteiger partial charge in [-0.1, -0.05) is 66.2 Å². The number of carbonyl (C=O) groups is 2. The van der Waals surface area contributed by atoms with Crippen molar-refractivity contribution in [3.8, 4) is 0 Å². The Bertz CT molecular complexity index is 1180. The molecule has 0 saturated heterocycles. The molecule has 0 unspecified atom stereocenters. The number of hydrogen-bond acceptors (Lipinski definition) is 3. The SMILES string of the molecule is O=C1c2cccc3cccc(c23)C(=O)N1CCCCN1CC=C(CCCCc2ccccc2)CC1. The number of imide groups is 1. The van der Waals surface area contributed by atoms with E-state index in [-0.39, 0.29) is 11.8 Å². The third kappa shape index (κ3) is 5.38. The average molecular weight is 467 g/mol. The quantitative estimate of drug-likeness (QED) is 0.201. The van der Waals surface area contributed by atoms with Crippen LogP contribution in [0.15, 0.2) is 78.4 Å². The number of benzene rings is 3. The molecule has 0 N–H and O–H groups in total. The van der Waals surface area contributed by atoms with Gasteiger partial charge in [-0.2, -0.15) is 0 Å². The standard InChI is InChI=1S/C31H34N2O2/c34-30-27-16-8-14-26-15-9-17-28(29(26)27)31(35)33(30)21-7-6-20-32-22-18-25(19-23-32)13-5-4-12-24-10-2-1-3-11-24/h1-3,8-11,14-18H,4-7,12-13,19-23H2. The number of nitrogens with zero attached hydrogens (tertiary/aromatic N) is 2. The van der Waals surface area contributed by atoms with Crippen molar-refractivity contribution in [3.05, 3.63) is 95.1 Å². The van der Waals surface area contributed by atoms with Crippen LogP contribution in [0.1, 0.15) is 64.8 Å². The minimum Gasteiger partial charge on any atom is -0.299 e. The van der Waals surface area contributed by atoms with Crippen molar-refractivity contribution >= 4 is 22.6 Å². The van der Waals surface area contributed by atoms with Crippen molar-refractivity contribution in [1.82, 2.24) is 9.80 Å². The summed E-state index contributed by atoms with van der Waals surface area (Å²) >= 11 is 0. The fourth-order valence-electron chi connectivity index (χ4n) is 5.40. The summed E-state index contributed by atoms with van der Waals surface area (Å²) in [5, 5.41) is 1.76. The summed E-state index contributed by atoms with van der Waals surface area (Å²) in [6.07, 6.45) is 10.3. The van der Waals surface area contributed by atoms with Crippen molar-refractivity contribution < 1.29 is 9.59 Å². The number of hydrogen-bond donors (Lipinski definition) is 0. The first-order valence-corrected chi connectivity index (χ1v) is 13.0. The van der Waals surface area contributed by atoms with E-state index in [9.17, 15) is 9.59 Å². The van der Waals surface area contributed by atoms with E-state index in [0.717, 1.165) is 49.7 Å². The Morgan fingerprint density at radius 1 is 0.686 bits per heavy atom. The maximum Gasteiger partial charge on any atom is 0.261 e. The molecule has 0 radical (unpaired) electrons. The average Bonchev–Trinajstić information content (AvgIpc) is 2.90. The highest BCUT2D eigenvalue weighted by molar-refractivity contribution is 6.25. The molecular weight excluding hydrogens is 432 g/mol. The summed E-state index contributed by atoms with van der Waals surface area (Å²) in [5.74, 6) is -0.311. The van der Waals surface area contributed by atoms with Crippen LogP contribution in [0.2, 0.25) is 0 Å². The highest BCUT2D eigenvalue weighted by atomic mass is 16.2. The summed E-state index contributed by atoms with van der Waals surface area (Å²) in [6, 6.07) is 22.1. The molecular formula is C31H34N2O2. The Morgan fingerprint density at radius 3 is 2.06 bits per heavy atom. The van der Waals surface area contributed by atoms with Gasteiger partial charge in [-0.15, -0.1) is 0 Å². The molecule has 5 rings (SSSR count). The fraction of sp³-hybridized carbons (Fsp3) is 0.355. The van der Waals surface area contributed by atoms with Gasteiger partial charge in [-0.3, -0.25) is 19.4 Å². The van der Waals surface area contributed by atoms with Crippen LogP contribution in [0.5, 0.6) is 0 Å². The highest BCUT2D eigenvalue weighted by Crippen LogP contribution is 2.30. The molecule has 0 spiro atoms. The molecule has 0 aromatic heterocycles. The maximum absolute atomic E-state index is 13.0. The lowest BCUT2D eigenvalue weighted by molar-refractivity contribution is 0.0606. The lowest BCUT2D eigenvalue weighted by Crippen LogP contribution is -2.41. The monoisotopic (exact) mass is 466 g/mol. The Labute approximate surface area is 208 Å². The molecule has 0 saturated carbocycles. The van der Waals surface area contributed by atoms with Gasteiger partial charge >= 0.3 is 0 Å². The van der Waals surface area contributed by atoms with Crippen LogP contribution >= 0.6 is 0 Å². The zero-order valence-corrected chi connectivity index (χ0v) is 20.4. The van der Waals surface area contributed by atoms with E-state index in [0.29, 0.717) is 17.7 Å². The van der Waals surface area contributed by atoms with Crippen LogP contribution in [0, 0.1) is 0 Å². The van der Waals surface area contributed by atoms with Crippen LogP contribution in [0.4, 0.5) is 0 Å². The van der Waals surface area contributed by atoms with E-state index in [1.807, 2.05) is 36.4 Å². The number of rotatable bonds is 10. The van der Waals surface area contributed by atoms with Crippen LogP contribution < -0.4 is 0 Å². The van der Waals surface area contributed by atoms with Gasteiger partial charge in [0.1, 0.15) is 0 Å². The topological polar surface area (TPSA) is 40.6 Å². The third-order valence-electron chi connectivity index (χ3n) is 7.41. The zero-order valence-electron chi connectivity index (χ0n) is 20.4. The van der Waals surface area contributed by atoms with Gasteiger partial charge < -0.3 is 0 Å². The molecule has 2 amide bonds. The van der Waals surface area contributed by atoms with E-state index in [1.165, 1.54) is 36.1 Å². The number of unbranched alkanes of at least 4 members (excludes halogenated alkanes) is 2. The first-order valence-electron chi connectivity index (χ1n) is 13.0. The minimum absolute atomic E-state index is 0.155. The smallest absolute Gasteiger partial charge is 0.261 e. The van der Waals surface area contributed by atoms with Gasteiger partial charge in [0.15, 0.2) is 0 Å². The predicted octanol–water partition coefficient (Wildman–Crippen LogP) is 6.26. The molecule has 180 valence electrons. The van der Waals surface area contributed by atoms with Gasteiger partial charge in [-0.05, 0) is 74.6 Å². The lowest BCUT2D eigenvalue weighted by Gasteiger charge is -2.28. The molecule has 2 aliphatic rings. The Kier molecular flexibility index (Phi) is 7.39. The number of carbonyl (C=O) groups excluding carboxylic acids is 2. The first kappa shape index (κ1) is 23.5. The van der Waals surface area contributed by atoms with Gasteiger partial charge in [0, 0.05) is 36.1 Å². The van der Waals surface area contributed by atoms with E-state index in [1.54, 1.807) is 5.57 Å². The van der Waals surface area contributed by atoms with Crippen LogP contribution in [-0.2, 0) is 6.42 Å². The second kappa shape index (κ2) is 11.0. The van der Waals surface area contributed by atoms with Crippen molar-refractivity contribution in [2.24, 2.45) is 0 Å². The second-order valence-electron chi connectivity index (χ2n) is 9.78. The molecule has 2 heterocycles. The lowest BCUT2D eigenvalue weighted by atomic mass is 9.94. The van der Waals surface area contributed by atoms with E-state index in [4.69, 9.17) is 0 Å². The van der Waals surface area contributed by atoms with Crippen molar-refractivity contribution in [3.63, 3.8) is 0 Å². The summed E-state index contributed by atoms with van der Waals surface area (Å²) in [6.45, 7) is 3.63. The molecule has 4 nitrogen and oxygen atoms in total. The van der Waals surface area contributed by atoms with E-state index < -0.39 is 0 Å². The van der Waals surface area contributed by atoms with E-state index >= 15 is 0 Å². The van der Waals surface area contributed by atoms with Crippen LogP contribution in [0.25, 0.3) is 10.8 Å². The van der Waals surface area contributed by atoms with Crippen LogP contribution in [-0.4, -0.2) is 47.8 Å². The minimum atomic E-state index is -0.155. The number of aryl methyl sites for hydroxylation is 1. The van der Waals surface area contributed by atoms with Crippen molar-refractivity contribution in [2.45, 2.75) is 44.9 Å². The number of amides is 2. The molecule has 0 bridgehead atoms. The molecule has 3 aromatic rings. The Hall–Kier alpha value is -3.24. The zero-order chi connectivity index (χ0) is 24.0. The summed E-state index contributed by atoms with van der Waals surface area (Å²) in [5.41, 5.74) is 4.34. The molecule has 35 heavy (non-hydrogen) atoms. The molecule has 4 heteroatoms. The Balaban J connectivity index is 1.04. The summed E-state index contributed by atoms with van der Waals surface area (Å²) in [7, 11) is 0. The van der Waals surface area contributed by atoms with Gasteiger partial charge in [-0.25, -0.2) is 0 Å². The van der Waals surface area contributed by atoms with Gasteiger partial charge in [0.05, 0.1) is 0 Å². The van der Waals surface area contributed by atoms with Gasteiger partial charge in [0.2, 0.25) is 0 Å². The fourth-order valence-corrected chi connectivity index (χ4v) is 5.40. The second-order valence-corrected chi connectivity index (χ2v) is 9.78. The van der Waals surface area contributed by atoms with E-state index in [2.05, 4.69) is 41.3 Å². The van der Waals surface area contributed by atoms with Crippen molar-refractivity contribution in [1.29, 1.82) is 0 Å². The third-order valence-corrected chi connectivity index (χ3v) is 7.41. The summed E-state index contributed by atoms with van der Waals surface area (Å²) in [4.78, 5) is 30.0. The molecule has 0 fully saturated rings. The molecule has 3 aromatic carbocycles.